The molecule has 7 nitrogen and oxygen atoms in total. The summed E-state index contributed by atoms with van der Waals surface area (Å²) in [6.07, 6.45) is 7.53. The molecule has 1 aliphatic heterocycles. The van der Waals surface area contributed by atoms with E-state index in [1.807, 2.05) is 43.3 Å². The summed E-state index contributed by atoms with van der Waals surface area (Å²) >= 11 is 0. The second kappa shape index (κ2) is 11.1. The topological polar surface area (TPSA) is 81.0 Å². The zero-order valence-corrected chi connectivity index (χ0v) is 18.9. The highest BCUT2D eigenvalue weighted by molar-refractivity contribution is 5.78. The Balaban J connectivity index is 1.66. The minimum Gasteiger partial charge on any atom is -0.491 e. The molecule has 0 aliphatic carbocycles. The molecule has 7 heteroatoms. The van der Waals surface area contributed by atoms with Crippen molar-refractivity contribution in [2.24, 2.45) is 5.92 Å². The van der Waals surface area contributed by atoms with Crippen molar-refractivity contribution >= 4 is 5.91 Å². The Bertz CT molecular complexity index is 983. The molecule has 1 amide bonds. The molecule has 0 radical (unpaired) electrons. The lowest BCUT2D eigenvalue weighted by Gasteiger charge is -2.23. The number of likely N-dealkylation sites (tertiary alicyclic amines) is 1. The number of methoxy groups -OCH3 is 2. The molecule has 0 saturated carbocycles. The maximum atomic E-state index is 12.5. The van der Waals surface area contributed by atoms with E-state index < -0.39 is 0 Å². The Kier molecular flexibility index (Phi) is 8.25. The van der Waals surface area contributed by atoms with E-state index in [4.69, 9.17) is 9.47 Å². The molecule has 0 bridgehead atoms. The summed E-state index contributed by atoms with van der Waals surface area (Å²) < 4.78 is 12.4. The smallest absolute Gasteiger partial charge is 0.297 e. The van der Waals surface area contributed by atoms with Gasteiger partial charge in [-0.2, -0.15) is 0 Å². The van der Waals surface area contributed by atoms with Crippen LogP contribution in [0.15, 0.2) is 59.5 Å². The maximum Gasteiger partial charge on any atom is 0.297 e. The Labute approximate surface area is 188 Å². The number of carbonyl (C=O) groups excluding carboxylic acids is 1. The number of ether oxygens (including phenoxy) is 2. The fourth-order valence-electron chi connectivity index (χ4n) is 4.27. The first-order valence-corrected chi connectivity index (χ1v) is 11.0. The number of pyridine rings is 1. The van der Waals surface area contributed by atoms with E-state index >= 15 is 0 Å². The number of hydrogen-bond acceptors (Lipinski definition) is 5. The number of aromatic nitrogens is 1. The average molecular weight is 441 g/mol. The van der Waals surface area contributed by atoms with Gasteiger partial charge in [0.1, 0.15) is 0 Å². The minimum atomic E-state index is -0.214. The van der Waals surface area contributed by atoms with Crippen LogP contribution in [0.2, 0.25) is 0 Å². The van der Waals surface area contributed by atoms with Crippen molar-refractivity contribution in [1.82, 2.24) is 9.47 Å². The lowest BCUT2D eigenvalue weighted by Crippen LogP contribution is -2.37. The predicted molar refractivity (Wildman–Crippen MR) is 123 cm³/mol. The summed E-state index contributed by atoms with van der Waals surface area (Å²) in [5.74, 6) is 0.386. The molecule has 2 heterocycles. The van der Waals surface area contributed by atoms with E-state index in [0.717, 1.165) is 30.6 Å². The normalized spacial score (nSPS) is 18.1. The van der Waals surface area contributed by atoms with Crippen LogP contribution in [0.4, 0.5) is 0 Å². The maximum absolute atomic E-state index is 12.5. The monoisotopic (exact) mass is 440 g/mol. The van der Waals surface area contributed by atoms with Gasteiger partial charge in [0.15, 0.2) is 5.75 Å². The van der Waals surface area contributed by atoms with Crippen molar-refractivity contribution in [2.75, 3.05) is 27.4 Å². The third-order valence-electron chi connectivity index (χ3n) is 6.00. The summed E-state index contributed by atoms with van der Waals surface area (Å²) in [4.78, 5) is 26.7. The van der Waals surface area contributed by atoms with Crippen LogP contribution in [0.1, 0.15) is 37.9 Å². The van der Waals surface area contributed by atoms with E-state index in [0.29, 0.717) is 12.2 Å². The molecule has 1 aromatic heterocycles. The number of carbonyl (C=O) groups is 1. The minimum absolute atomic E-state index is 0.0233. The lowest BCUT2D eigenvalue weighted by atomic mass is 9.96. The third kappa shape index (κ3) is 5.29. The number of hydrogen-bond donors (Lipinski definition) is 1. The van der Waals surface area contributed by atoms with Gasteiger partial charge < -0.3 is 19.5 Å². The van der Waals surface area contributed by atoms with Crippen LogP contribution in [0.3, 0.4) is 0 Å². The van der Waals surface area contributed by atoms with Crippen molar-refractivity contribution in [1.29, 1.82) is 0 Å². The molecule has 32 heavy (non-hydrogen) atoms. The molecule has 1 aromatic carbocycles. The number of aliphatic hydroxyl groups excluding tert-OH is 1. The highest BCUT2D eigenvalue weighted by atomic mass is 16.5. The fourth-order valence-corrected chi connectivity index (χ4v) is 4.27. The summed E-state index contributed by atoms with van der Waals surface area (Å²) in [5.41, 5.74) is 1.51. The zero-order chi connectivity index (χ0) is 23.1. The molecule has 1 N–H and O–H groups in total. The number of nitrogens with zero attached hydrogens (tertiary/aromatic N) is 2. The highest BCUT2D eigenvalue weighted by Gasteiger charge is 2.27. The highest BCUT2D eigenvalue weighted by Crippen LogP contribution is 2.27. The van der Waals surface area contributed by atoms with Crippen molar-refractivity contribution in [3.05, 3.63) is 70.7 Å². The molecule has 1 fully saturated rings. The van der Waals surface area contributed by atoms with Crippen molar-refractivity contribution < 1.29 is 19.4 Å². The molecule has 3 rings (SSSR count). The van der Waals surface area contributed by atoms with Gasteiger partial charge in [0.05, 0.1) is 25.9 Å². The van der Waals surface area contributed by atoms with E-state index in [-0.39, 0.29) is 36.1 Å². The fraction of sp³-hybridized carbons (Fsp3) is 0.440. The molecule has 1 aliphatic rings. The van der Waals surface area contributed by atoms with Crippen molar-refractivity contribution in [3.8, 4) is 11.4 Å². The lowest BCUT2D eigenvalue weighted by molar-refractivity contribution is -0.131. The Morgan fingerprint density at radius 2 is 2.00 bits per heavy atom. The van der Waals surface area contributed by atoms with Gasteiger partial charge in [-0.05, 0) is 42.7 Å². The van der Waals surface area contributed by atoms with Crippen LogP contribution in [0.25, 0.3) is 5.69 Å². The molecule has 3 atom stereocenters. The largest absolute Gasteiger partial charge is 0.491 e. The zero-order valence-electron chi connectivity index (χ0n) is 18.9. The molecule has 0 unspecified atom stereocenters. The van der Waals surface area contributed by atoms with Crippen LogP contribution in [-0.2, 0) is 9.53 Å². The first kappa shape index (κ1) is 23.8. The van der Waals surface area contributed by atoms with Gasteiger partial charge >= 0.3 is 0 Å². The predicted octanol–water partition coefficient (Wildman–Crippen LogP) is 3.10. The average Bonchev–Trinajstić information content (AvgIpc) is 3.29. The quantitative estimate of drug-likeness (QED) is 0.606. The standard InChI is InChI=1S/C25H32N2O5/c1-18(7-4-10-23(29)26-15-5-8-21(26)17-28)24(32-3)19-11-13-20(14-12-19)27-16-6-9-22(31-2)25(27)30/h4,6-7,9,11-14,16,18,21,24,28H,5,8,10,15,17H2,1-3H3/b7-4+/t18-,21+,24+/m1/s1. The number of rotatable bonds is 9. The van der Waals surface area contributed by atoms with Crippen molar-refractivity contribution in [3.63, 3.8) is 0 Å². The van der Waals surface area contributed by atoms with Gasteiger partial charge in [-0.3, -0.25) is 14.2 Å². The summed E-state index contributed by atoms with van der Waals surface area (Å²) in [6, 6.07) is 11.0. The number of amides is 1. The molecule has 2 aromatic rings. The van der Waals surface area contributed by atoms with E-state index in [1.54, 1.807) is 30.3 Å². The summed E-state index contributed by atoms with van der Waals surface area (Å²) in [7, 11) is 3.14. The first-order chi connectivity index (χ1) is 15.5. The van der Waals surface area contributed by atoms with Crippen molar-refractivity contribution in [2.45, 2.75) is 38.3 Å². The van der Waals surface area contributed by atoms with Gasteiger partial charge in [0.25, 0.3) is 5.56 Å². The van der Waals surface area contributed by atoms with Crippen LogP contribution in [0, 0.1) is 5.92 Å². The number of aliphatic hydroxyl groups is 1. The van der Waals surface area contributed by atoms with E-state index in [9.17, 15) is 14.7 Å². The molecule has 0 spiro atoms. The SMILES string of the molecule is COc1cccn(-c2ccc([C@@H](OC)[C@H](C)/C=C/CC(=O)N3CCC[C@H]3CO)cc2)c1=O. The molecule has 172 valence electrons. The Hall–Kier alpha value is -2.90. The van der Waals surface area contributed by atoms with E-state index in [1.165, 1.54) is 11.7 Å². The Morgan fingerprint density at radius 1 is 1.25 bits per heavy atom. The van der Waals surface area contributed by atoms with Gasteiger partial charge in [-0.1, -0.05) is 31.2 Å². The van der Waals surface area contributed by atoms with Gasteiger partial charge in [0.2, 0.25) is 5.91 Å². The first-order valence-electron chi connectivity index (χ1n) is 11.0. The van der Waals surface area contributed by atoms with Crippen LogP contribution >= 0.6 is 0 Å². The Morgan fingerprint density at radius 3 is 2.66 bits per heavy atom. The van der Waals surface area contributed by atoms with Gasteiger partial charge in [-0.15, -0.1) is 0 Å². The second-order valence-corrected chi connectivity index (χ2v) is 8.06. The summed E-state index contributed by atoms with van der Waals surface area (Å²) in [6.45, 7) is 2.79. The molecular weight excluding hydrogens is 408 g/mol. The number of benzene rings is 1. The van der Waals surface area contributed by atoms with Crippen LogP contribution in [-0.4, -0.2) is 53.9 Å². The second-order valence-electron chi connectivity index (χ2n) is 8.06. The molecule has 1 saturated heterocycles. The van der Waals surface area contributed by atoms with Gasteiger partial charge in [-0.25, -0.2) is 0 Å². The van der Waals surface area contributed by atoms with Crippen LogP contribution in [0.5, 0.6) is 5.75 Å². The third-order valence-corrected chi connectivity index (χ3v) is 6.00. The van der Waals surface area contributed by atoms with E-state index in [2.05, 4.69) is 0 Å². The van der Waals surface area contributed by atoms with Gasteiger partial charge in [0, 0.05) is 37.9 Å². The molecular formula is C25H32N2O5. The van der Waals surface area contributed by atoms with Crippen LogP contribution < -0.4 is 10.3 Å². The summed E-state index contributed by atoms with van der Waals surface area (Å²) in [5, 5.41) is 9.41.